The lowest BCUT2D eigenvalue weighted by molar-refractivity contribution is -0.120. The summed E-state index contributed by atoms with van der Waals surface area (Å²) in [6.07, 6.45) is 4.01. The molecular weight excluding hydrogens is 396 g/mol. The maximum Gasteiger partial charge on any atom is 0.243 e. The first-order valence-electron chi connectivity index (χ1n) is 9.60. The molecule has 0 spiro atoms. The molecule has 0 saturated carbocycles. The number of anilines is 1. The Morgan fingerprint density at radius 1 is 1.21 bits per heavy atom. The lowest BCUT2D eigenvalue weighted by Gasteiger charge is -2.30. The SMILES string of the molecule is CCCCc1nnc(NC(=O)C2CCN(S(=O)(=O)c3ccc(C)cc3)CC2)s1. The largest absolute Gasteiger partial charge is 0.300 e. The van der Waals surface area contributed by atoms with Crippen LogP contribution in [-0.2, 0) is 21.2 Å². The van der Waals surface area contributed by atoms with Crippen molar-refractivity contribution < 1.29 is 13.2 Å². The number of benzene rings is 1. The predicted octanol–water partition coefficient (Wildman–Crippen LogP) is 3.23. The second kappa shape index (κ2) is 9.11. The van der Waals surface area contributed by atoms with Gasteiger partial charge in [0.15, 0.2) is 0 Å². The molecule has 0 aliphatic carbocycles. The number of aromatic nitrogens is 2. The minimum absolute atomic E-state index is 0.106. The van der Waals surface area contributed by atoms with Gasteiger partial charge in [-0.25, -0.2) is 8.42 Å². The molecule has 9 heteroatoms. The number of amides is 1. The molecule has 1 fully saturated rings. The summed E-state index contributed by atoms with van der Waals surface area (Å²) in [4.78, 5) is 12.8. The fourth-order valence-corrected chi connectivity index (χ4v) is 5.41. The van der Waals surface area contributed by atoms with Gasteiger partial charge < -0.3 is 5.32 Å². The number of hydrogen-bond acceptors (Lipinski definition) is 6. The summed E-state index contributed by atoms with van der Waals surface area (Å²) in [6.45, 7) is 4.72. The third-order valence-corrected chi connectivity index (χ3v) is 7.74. The Balaban J connectivity index is 1.55. The molecule has 1 aromatic heterocycles. The first-order valence-corrected chi connectivity index (χ1v) is 11.9. The Hall–Kier alpha value is -1.84. The quantitative estimate of drug-likeness (QED) is 0.739. The summed E-state index contributed by atoms with van der Waals surface area (Å²) in [5.41, 5.74) is 1.02. The van der Waals surface area contributed by atoms with Gasteiger partial charge in [-0.05, 0) is 38.3 Å². The van der Waals surface area contributed by atoms with Crippen LogP contribution in [0.2, 0.25) is 0 Å². The molecule has 1 saturated heterocycles. The van der Waals surface area contributed by atoms with Crippen LogP contribution in [0.5, 0.6) is 0 Å². The van der Waals surface area contributed by atoms with Crippen LogP contribution in [0.4, 0.5) is 5.13 Å². The molecule has 3 rings (SSSR count). The number of carbonyl (C=O) groups excluding carboxylic acids is 1. The topological polar surface area (TPSA) is 92.3 Å². The molecule has 1 aliphatic rings. The van der Waals surface area contributed by atoms with E-state index < -0.39 is 10.0 Å². The molecule has 0 radical (unpaired) electrons. The smallest absolute Gasteiger partial charge is 0.243 e. The van der Waals surface area contributed by atoms with Gasteiger partial charge in [-0.1, -0.05) is 42.4 Å². The van der Waals surface area contributed by atoms with Crippen molar-refractivity contribution in [2.45, 2.75) is 50.8 Å². The third kappa shape index (κ3) is 4.95. The number of nitrogens with zero attached hydrogens (tertiary/aromatic N) is 3. The number of piperidine rings is 1. The summed E-state index contributed by atoms with van der Waals surface area (Å²) in [6, 6.07) is 6.86. The first-order chi connectivity index (χ1) is 13.4. The summed E-state index contributed by atoms with van der Waals surface area (Å²) >= 11 is 1.41. The van der Waals surface area contributed by atoms with Crippen LogP contribution in [0.3, 0.4) is 0 Å². The van der Waals surface area contributed by atoms with Crippen molar-refractivity contribution in [2.24, 2.45) is 5.92 Å². The average Bonchev–Trinajstić information content (AvgIpc) is 3.14. The minimum atomic E-state index is -3.51. The first kappa shape index (κ1) is 20.9. The van der Waals surface area contributed by atoms with Crippen molar-refractivity contribution in [3.63, 3.8) is 0 Å². The molecule has 1 amide bonds. The predicted molar refractivity (Wildman–Crippen MR) is 110 cm³/mol. The highest BCUT2D eigenvalue weighted by Crippen LogP contribution is 2.26. The van der Waals surface area contributed by atoms with Gasteiger partial charge in [-0.2, -0.15) is 4.31 Å². The van der Waals surface area contributed by atoms with Crippen molar-refractivity contribution in [3.8, 4) is 0 Å². The second-order valence-corrected chi connectivity index (χ2v) is 10.1. The maximum atomic E-state index is 12.8. The number of hydrogen-bond donors (Lipinski definition) is 1. The van der Waals surface area contributed by atoms with Gasteiger partial charge >= 0.3 is 0 Å². The van der Waals surface area contributed by atoms with Gasteiger partial charge in [0.2, 0.25) is 21.1 Å². The Kier molecular flexibility index (Phi) is 6.79. The zero-order valence-electron chi connectivity index (χ0n) is 16.2. The maximum absolute atomic E-state index is 12.8. The zero-order valence-corrected chi connectivity index (χ0v) is 17.9. The number of unbranched alkanes of at least 4 members (excludes halogenated alkanes) is 1. The fourth-order valence-electron chi connectivity index (χ4n) is 3.16. The number of sulfonamides is 1. The van der Waals surface area contributed by atoms with Crippen LogP contribution >= 0.6 is 11.3 Å². The summed E-state index contributed by atoms with van der Waals surface area (Å²) in [7, 11) is -3.51. The van der Waals surface area contributed by atoms with E-state index in [-0.39, 0.29) is 11.8 Å². The molecule has 1 aromatic carbocycles. The van der Waals surface area contributed by atoms with Gasteiger partial charge in [0.05, 0.1) is 4.90 Å². The molecule has 1 aliphatic heterocycles. The number of carbonyl (C=O) groups is 1. The van der Waals surface area contributed by atoms with Crippen LogP contribution in [-0.4, -0.2) is 41.9 Å². The zero-order chi connectivity index (χ0) is 20.1. The molecule has 7 nitrogen and oxygen atoms in total. The van der Waals surface area contributed by atoms with Crippen LogP contribution in [0.25, 0.3) is 0 Å². The molecule has 1 N–H and O–H groups in total. The van der Waals surface area contributed by atoms with E-state index >= 15 is 0 Å². The normalized spacial score (nSPS) is 16.2. The van der Waals surface area contributed by atoms with Gasteiger partial charge in [-0.3, -0.25) is 4.79 Å². The van der Waals surface area contributed by atoms with E-state index in [1.165, 1.54) is 15.6 Å². The average molecular weight is 423 g/mol. The van der Waals surface area contributed by atoms with E-state index in [0.29, 0.717) is 36.0 Å². The van der Waals surface area contributed by atoms with Crippen LogP contribution in [0.15, 0.2) is 29.2 Å². The Morgan fingerprint density at radius 2 is 1.89 bits per heavy atom. The highest BCUT2D eigenvalue weighted by molar-refractivity contribution is 7.89. The molecule has 0 atom stereocenters. The monoisotopic (exact) mass is 422 g/mol. The summed E-state index contributed by atoms with van der Waals surface area (Å²) in [5, 5.41) is 12.4. The lowest BCUT2D eigenvalue weighted by atomic mass is 9.97. The van der Waals surface area contributed by atoms with Crippen LogP contribution in [0.1, 0.15) is 43.2 Å². The minimum Gasteiger partial charge on any atom is -0.300 e. The molecule has 0 unspecified atom stereocenters. The number of aryl methyl sites for hydroxylation is 2. The molecule has 152 valence electrons. The van der Waals surface area contributed by atoms with Crippen molar-refractivity contribution >= 4 is 32.4 Å². The van der Waals surface area contributed by atoms with E-state index in [9.17, 15) is 13.2 Å². The summed E-state index contributed by atoms with van der Waals surface area (Å²) < 4.78 is 27.0. The Labute approximate surface area is 170 Å². The van der Waals surface area contributed by atoms with E-state index in [1.807, 2.05) is 6.92 Å². The van der Waals surface area contributed by atoms with Crippen molar-refractivity contribution in [3.05, 3.63) is 34.8 Å². The Bertz CT molecular complexity index is 902. The van der Waals surface area contributed by atoms with Crippen molar-refractivity contribution in [2.75, 3.05) is 18.4 Å². The van der Waals surface area contributed by atoms with Crippen molar-refractivity contribution in [1.82, 2.24) is 14.5 Å². The number of rotatable bonds is 7. The molecule has 2 aromatic rings. The third-order valence-electron chi connectivity index (χ3n) is 4.92. The molecule has 2 heterocycles. The Morgan fingerprint density at radius 3 is 2.54 bits per heavy atom. The lowest BCUT2D eigenvalue weighted by Crippen LogP contribution is -2.41. The van der Waals surface area contributed by atoms with Gasteiger partial charge in [0.1, 0.15) is 5.01 Å². The molecule has 0 bridgehead atoms. The standard InChI is InChI=1S/C19H26N4O3S2/c1-3-4-5-17-21-22-19(27-17)20-18(24)15-10-12-23(13-11-15)28(25,26)16-8-6-14(2)7-9-16/h6-9,15H,3-5,10-13H2,1-2H3,(H,20,22,24). The second-order valence-electron chi connectivity index (χ2n) is 7.09. The fraction of sp³-hybridized carbons (Fsp3) is 0.526. The van der Waals surface area contributed by atoms with Gasteiger partial charge in [0.25, 0.3) is 0 Å². The van der Waals surface area contributed by atoms with Crippen LogP contribution < -0.4 is 5.32 Å². The molecule has 28 heavy (non-hydrogen) atoms. The highest BCUT2D eigenvalue weighted by Gasteiger charge is 2.32. The number of nitrogens with one attached hydrogen (secondary N) is 1. The van der Waals surface area contributed by atoms with Gasteiger partial charge in [0, 0.05) is 25.4 Å². The van der Waals surface area contributed by atoms with E-state index in [0.717, 1.165) is 29.8 Å². The van der Waals surface area contributed by atoms with E-state index in [4.69, 9.17) is 0 Å². The highest BCUT2D eigenvalue weighted by atomic mass is 32.2. The molecular formula is C19H26N4O3S2. The van der Waals surface area contributed by atoms with Crippen LogP contribution in [0, 0.1) is 12.8 Å². The van der Waals surface area contributed by atoms with E-state index in [2.05, 4.69) is 22.4 Å². The summed E-state index contributed by atoms with van der Waals surface area (Å²) in [5.74, 6) is -0.321. The van der Waals surface area contributed by atoms with E-state index in [1.54, 1.807) is 24.3 Å². The van der Waals surface area contributed by atoms with Gasteiger partial charge in [-0.15, -0.1) is 10.2 Å². The van der Waals surface area contributed by atoms with Crippen molar-refractivity contribution in [1.29, 1.82) is 0 Å².